The minimum absolute atomic E-state index is 0.0249. The molecule has 0 aliphatic carbocycles. The molecule has 0 saturated heterocycles. The molecule has 0 bridgehead atoms. The third-order valence-corrected chi connectivity index (χ3v) is 3.73. The molecule has 0 spiro atoms. The molecule has 1 N–H and O–H groups in total. The van der Waals surface area contributed by atoms with Crippen LogP contribution in [-0.2, 0) is 11.3 Å². The van der Waals surface area contributed by atoms with Gasteiger partial charge in [0.25, 0.3) is 0 Å². The lowest BCUT2D eigenvalue weighted by Gasteiger charge is -2.18. The summed E-state index contributed by atoms with van der Waals surface area (Å²) in [7, 11) is 0. The van der Waals surface area contributed by atoms with Gasteiger partial charge in [-0.2, -0.15) is 9.67 Å². The second kappa shape index (κ2) is 7.72. The number of rotatable bonds is 7. The van der Waals surface area contributed by atoms with E-state index in [0.717, 1.165) is 0 Å². The standard InChI is InChI=1S/C16H17N7O4/c1-10(2)14(16-19-15(21-27-16)11-4-3-6-17-8-11)18-13(24)9-22-7-5-12(20-22)23(25)26/h3-8,10,14H,9H2,1-2H3,(H,18,24). The van der Waals surface area contributed by atoms with E-state index < -0.39 is 11.0 Å². The van der Waals surface area contributed by atoms with Gasteiger partial charge in [0.1, 0.15) is 12.6 Å². The molecule has 3 heterocycles. The number of pyridine rings is 1. The van der Waals surface area contributed by atoms with E-state index in [1.807, 2.05) is 13.8 Å². The maximum atomic E-state index is 12.3. The van der Waals surface area contributed by atoms with E-state index >= 15 is 0 Å². The van der Waals surface area contributed by atoms with Gasteiger partial charge in [-0.05, 0) is 23.0 Å². The second-order valence-electron chi connectivity index (χ2n) is 6.12. The summed E-state index contributed by atoms with van der Waals surface area (Å²) in [5.41, 5.74) is 0.699. The average Bonchev–Trinajstić information content (AvgIpc) is 3.30. The summed E-state index contributed by atoms with van der Waals surface area (Å²) >= 11 is 0. The normalized spacial score (nSPS) is 12.1. The average molecular weight is 371 g/mol. The quantitative estimate of drug-likeness (QED) is 0.489. The summed E-state index contributed by atoms with van der Waals surface area (Å²) in [6.07, 6.45) is 4.62. The molecule has 0 aromatic carbocycles. The van der Waals surface area contributed by atoms with Crippen LogP contribution in [0.4, 0.5) is 5.82 Å². The molecule has 1 amide bonds. The van der Waals surface area contributed by atoms with Crippen LogP contribution in [0.3, 0.4) is 0 Å². The van der Waals surface area contributed by atoms with Gasteiger partial charge in [0.2, 0.25) is 17.6 Å². The van der Waals surface area contributed by atoms with Gasteiger partial charge in [0.15, 0.2) is 0 Å². The highest BCUT2D eigenvalue weighted by Gasteiger charge is 2.25. The summed E-state index contributed by atoms with van der Waals surface area (Å²) in [5.74, 6) is -0.0819. The van der Waals surface area contributed by atoms with E-state index in [1.54, 1.807) is 24.5 Å². The smallest absolute Gasteiger partial charge is 0.358 e. The Labute approximate surface area is 153 Å². The summed E-state index contributed by atoms with van der Waals surface area (Å²) in [6.45, 7) is 3.63. The number of nitrogens with one attached hydrogen (secondary N) is 1. The topological polar surface area (TPSA) is 142 Å². The van der Waals surface area contributed by atoms with Gasteiger partial charge >= 0.3 is 5.82 Å². The molecular weight excluding hydrogens is 354 g/mol. The van der Waals surface area contributed by atoms with E-state index in [0.29, 0.717) is 11.4 Å². The number of carbonyl (C=O) groups excluding carboxylic acids is 1. The molecule has 0 aliphatic rings. The molecular formula is C16H17N7O4. The molecule has 0 radical (unpaired) electrons. The number of carbonyl (C=O) groups is 1. The lowest BCUT2D eigenvalue weighted by molar-refractivity contribution is -0.389. The Kier molecular flexibility index (Phi) is 5.20. The molecule has 3 aromatic rings. The van der Waals surface area contributed by atoms with Crippen LogP contribution in [0.2, 0.25) is 0 Å². The van der Waals surface area contributed by atoms with Crippen molar-refractivity contribution in [1.29, 1.82) is 0 Å². The first-order chi connectivity index (χ1) is 12.9. The van der Waals surface area contributed by atoms with E-state index in [2.05, 4.69) is 25.5 Å². The summed E-state index contributed by atoms with van der Waals surface area (Å²) < 4.78 is 6.51. The molecule has 3 rings (SSSR count). The van der Waals surface area contributed by atoms with Crippen LogP contribution < -0.4 is 5.32 Å². The largest absolute Gasteiger partial charge is 0.389 e. The van der Waals surface area contributed by atoms with Crippen molar-refractivity contribution in [2.24, 2.45) is 5.92 Å². The Morgan fingerprint density at radius 3 is 2.85 bits per heavy atom. The highest BCUT2D eigenvalue weighted by atomic mass is 16.6. The van der Waals surface area contributed by atoms with Crippen LogP contribution in [0.25, 0.3) is 11.4 Å². The minimum Gasteiger partial charge on any atom is -0.358 e. The molecule has 11 nitrogen and oxygen atoms in total. The molecule has 27 heavy (non-hydrogen) atoms. The predicted molar refractivity (Wildman–Crippen MR) is 92.1 cm³/mol. The van der Waals surface area contributed by atoms with Crippen molar-refractivity contribution in [1.82, 2.24) is 30.2 Å². The van der Waals surface area contributed by atoms with Crippen LogP contribution in [-0.4, -0.2) is 35.7 Å². The molecule has 1 atom stereocenters. The summed E-state index contributed by atoms with van der Waals surface area (Å²) in [5, 5.41) is 21.1. The first-order valence-corrected chi connectivity index (χ1v) is 8.15. The Morgan fingerprint density at radius 2 is 2.22 bits per heavy atom. The van der Waals surface area contributed by atoms with Gasteiger partial charge in [-0.3, -0.25) is 9.78 Å². The fourth-order valence-electron chi connectivity index (χ4n) is 2.39. The SMILES string of the molecule is CC(C)C(NC(=O)Cn1ccc([N+](=O)[O-])n1)c1nc(-c2cccnc2)no1. The zero-order chi connectivity index (χ0) is 19.4. The highest BCUT2D eigenvalue weighted by molar-refractivity contribution is 5.76. The van der Waals surface area contributed by atoms with Crippen molar-refractivity contribution >= 4 is 11.7 Å². The lowest BCUT2D eigenvalue weighted by atomic mass is 10.0. The number of hydrogen-bond acceptors (Lipinski definition) is 8. The Balaban J connectivity index is 1.71. The maximum Gasteiger partial charge on any atom is 0.389 e. The number of nitrogens with zero attached hydrogens (tertiary/aromatic N) is 6. The van der Waals surface area contributed by atoms with Gasteiger partial charge in [-0.25, -0.2) is 0 Å². The van der Waals surface area contributed by atoms with Gasteiger partial charge in [0.05, 0.1) is 17.4 Å². The molecule has 0 aliphatic heterocycles. The third-order valence-electron chi connectivity index (χ3n) is 3.73. The van der Waals surface area contributed by atoms with Crippen molar-refractivity contribution in [2.45, 2.75) is 26.4 Å². The molecule has 1 unspecified atom stereocenters. The van der Waals surface area contributed by atoms with Crippen molar-refractivity contribution in [2.75, 3.05) is 0 Å². The first-order valence-electron chi connectivity index (χ1n) is 8.15. The number of nitro groups is 1. The van der Waals surface area contributed by atoms with Crippen molar-refractivity contribution in [3.05, 3.63) is 52.8 Å². The van der Waals surface area contributed by atoms with E-state index in [-0.39, 0.29) is 30.1 Å². The Bertz CT molecular complexity index is 935. The lowest BCUT2D eigenvalue weighted by Crippen LogP contribution is -2.34. The fraction of sp³-hybridized carbons (Fsp3) is 0.312. The zero-order valence-corrected chi connectivity index (χ0v) is 14.6. The number of hydrogen-bond donors (Lipinski definition) is 1. The second-order valence-corrected chi connectivity index (χ2v) is 6.12. The van der Waals surface area contributed by atoms with Crippen molar-refractivity contribution < 1.29 is 14.2 Å². The number of aromatic nitrogens is 5. The van der Waals surface area contributed by atoms with Gasteiger partial charge in [0, 0.05) is 18.0 Å². The van der Waals surface area contributed by atoms with Crippen LogP contribution >= 0.6 is 0 Å². The van der Waals surface area contributed by atoms with E-state index in [1.165, 1.54) is 16.9 Å². The van der Waals surface area contributed by atoms with Crippen molar-refractivity contribution in [3.63, 3.8) is 0 Å². The maximum absolute atomic E-state index is 12.3. The number of amides is 1. The third kappa shape index (κ3) is 4.32. The summed E-state index contributed by atoms with van der Waals surface area (Å²) in [6, 6.07) is 4.28. The monoisotopic (exact) mass is 371 g/mol. The van der Waals surface area contributed by atoms with Crippen LogP contribution in [0.1, 0.15) is 25.8 Å². The van der Waals surface area contributed by atoms with E-state index in [4.69, 9.17) is 4.52 Å². The van der Waals surface area contributed by atoms with Crippen molar-refractivity contribution in [3.8, 4) is 11.4 Å². The molecule has 0 saturated carbocycles. The molecule has 0 fully saturated rings. The predicted octanol–water partition coefficient (Wildman–Crippen LogP) is 1.75. The fourth-order valence-corrected chi connectivity index (χ4v) is 2.39. The molecule has 11 heteroatoms. The minimum atomic E-state index is -0.621. The molecule has 140 valence electrons. The summed E-state index contributed by atoms with van der Waals surface area (Å²) in [4.78, 5) is 30.7. The van der Waals surface area contributed by atoms with E-state index in [9.17, 15) is 14.9 Å². The van der Waals surface area contributed by atoms with Gasteiger partial charge in [-0.1, -0.05) is 19.0 Å². The van der Waals surface area contributed by atoms with Crippen LogP contribution in [0.15, 0.2) is 41.3 Å². The Morgan fingerprint density at radius 1 is 1.41 bits per heavy atom. The zero-order valence-electron chi connectivity index (χ0n) is 14.6. The van der Waals surface area contributed by atoms with Gasteiger partial charge in [-0.15, -0.1) is 0 Å². The van der Waals surface area contributed by atoms with Crippen LogP contribution in [0, 0.1) is 16.0 Å². The highest BCUT2D eigenvalue weighted by Crippen LogP contribution is 2.23. The first kappa shape index (κ1) is 18.2. The Hall–Kier alpha value is -3.63. The van der Waals surface area contributed by atoms with Crippen LogP contribution in [0.5, 0.6) is 0 Å². The molecule has 3 aromatic heterocycles. The van der Waals surface area contributed by atoms with Gasteiger partial charge < -0.3 is 20.0 Å².